The second kappa shape index (κ2) is 9.03. The fourth-order valence-corrected chi connectivity index (χ4v) is 2.50. The van der Waals surface area contributed by atoms with Crippen LogP contribution in [0.3, 0.4) is 0 Å². The summed E-state index contributed by atoms with van der Waals surface area (Å²) in [6.45, 7) is 0.661. The van der Waals surface area contributed by atoms with E-state index in [0.29, 0.717) is 30.0 Å². The van der Waals surface area contributed by atoms with E-state index in [2.05, 4.69) is 5.32 Å². The van der Waals surface area contributed by atoms with Gasteiger partial charge in [-0.15, -0.1) is 0 Å². The maximum Gasteiger partial charge on any atom is 0.303 e. The summed E-state index contributed by atoms with van der Waals surface area (Å²) >= 11 is 6.11. The van der Waals surface area contributed by atoms with Gasteiger partial charge in [0.2, 0.25) is 0 Å². The van der Waals surface area contributed by atoms with E-state index < -0.39 is 5.97 Å². The first-order valence-corrected chi connectivity index (χ1v) is 8.29. The molecular formula is C18H19ClN2O4. The van der Waals surface area contributed by atoms with E-state index in [4.69, 9.17) is 16.7 Å². The average molecular weight is 363 g/mol. The number of aliphatic carboxylic acids is 1. The number of carboxylic acid groups (broad SMARTS) is 1. The number of halogens is 1. The van der Waals surface area contributed by atoms with Gasteiger partial charge in [0.05, 0.1) is 12.1 Å². The number of carbonyl (C=O) groups is 2. The average Bonchev–Trinajstić information content (AvgIpc) is 2.58. The molecule has 2 rings (SSSR count). The minimum atomic E-state index is -0.849. The van der Waals surface area contributed by atoms with Crippen LogP contribution >= 0.6 is 11.6 Å². The molecule has 2 aromatic rings. The summed E-state index contributed by atoms with van der Waals surface area (Å²) < 4.78 is 1.43. The molecule has 0 radical (unpaired) electrons. The lowest BCUT2D eigenvalue weighted by Gasteiger charge is -2.10. The Kier molecular flexibility index (Phi) is 6.77. The first kappa shape index (κ1) is 18.7. The molecule has 25 heavy (non-hydrogen) atoms. The summed E-state index contributed by atoms with van der Waals surface area (Å²) in [5.41, 5.74) is 0.931. The third-order valence-corrected chi connectivity index (χ3v) is 4.02. The number of nitrogens with zero attached hydrogens (tertiary/aromatic N) is 1. The van der Waals surface area contributed by atoms with E-state index in [1.165, 1.54) is 22.9 Å². The summed E-state index contributed by atoms with van der Waals surface area (Å²) in [6, 6.07) is 10.0. The molecule has 0 fully saturated rings. The van der Waals surface area contributed by atoms with E-state index in [0.717, 1.165) is 5.56 Å². The zero-order chi connectivity index (χ0) is 18.2. The van der Waals surface area contributed by atoms with Crippen molar-refractivity contribution in [2.24, 2.45) is 0 Å². The van der Waals surface area contributed by atoms with E-state index >= 15 is 0 Å². The third-order valence-electron chi connectivity index (χ3n) is 3.65. The monoisotopic (exact) mass is 362 g/mol. The number of pyridine rings is 1. The van der Waals surface area contributed by atoms with Gasteiger partial charge in [0.1, 0.15) is 0 Å². The number of amides is 1. The SMILES string of the molecule is O=C(O)CCCCNC(=O)c1ccc(=O)n(Cc2ccccc2Cl)c1. The first-order valence-electron chi connectivity index (χ1n) is 7.91. The maximum absolute atomic E-state index is 12.2. The number of unbranched alkanes of at least 4 members (excludes halogenated alkanes) is 1. The number of nitrogens with one attached hydrogen (secondary N) is 1. The predicted molar refractivity (Wildman–Crippen MR) is 95.1 cm³/mol. The molecule has 7 heteroatoms. The molecule has 0 aliphatic carbocycles. The maximum atomic E-state index is 12.2. The molecule has 132 valence electrons. The summed E-state index contributed by atoms with van der Waals surface area (Å²) in [5, 5.41) is 11.8. The highest BCUT2D eigenvalue weighted by atomic mass is 35.5. The van der Waals surface area contributed by atoms with Gasteiger partial charge in [-0.05, 0) is 30.5 Å². The Morgan fingerprint density at radius 1 is 1.12 bits per heavy atom. The standard InChI is InChI=1S/C18H19ClN2O4/c19-15-6-2-1-5-13(15)11-21-12-14(8-9-16(21)22)18(25)20-10-4-3-7-17(23)24/h1-2,5-6,8-9,12H,3-4,7,10-11H2,(H,20,25)(H,23,24). The Morgan fingerprint density at radius 3 is 2.60 bits per heavy atom. The smallest absolute Gasteiger partial charge is 0.303 e. The Hall–Kier alpha value is -2.60. The van der Waals surface area contributed by atoms with E-state index in [1.54, 1.807) is 6.07 Å². The topological polar surface area (TPSA) is 88.4 Å². The van der Waals surface area contributed by atoms with Crippen LogP contribution in [0.4, 0.5) is 0 Å². The fourth-order valence-electron chi connectivity index (χ4n) is 2.30. The van der Waals surface area contributed by atoms with Gasteiger partial charge in [-0.2, -0.15) is 0 Å². The van der Waals surface area contributed by atoms with Crippen LogP contribution in [0, 0.1) is 0 Å². The highest BCUT2D eigenvalue weighted by Crippen LogP contribution is 2.15. The zero-order valence-corrected chi connectivity index (χ0v) is 14.3. The van der Waals surface area contributed by atoms with Gasteiger partial charge in [-0.1, -0.05) is 29.8 Å². The molecule has 2 N–H and O–H groups in total. The molecule has 0 unspecified atom stereocenters. The minimum Gasteiger partial charge on any atom is -0.481 e. The van der Waals surface area contributed by atoms with Crippen molar-refractivity contribution in [1.82, 2.24) is 9.88 Å². The van der Waals surface area contributed by atoms with Crippen LogP contribution in [-0.2, 0) is 11.3 Å². The van der Waals surface area contributed by atoms with E-state index in [9.17, 15) is 14.4 Å². The Bertz CT molecular complexity index is 817. The number of aromatic nitrogens is 1. The normalized spacial score (nSPS) is 10.4. The van der Waals surface area contributed by atoms with Crippen molar-refractivity contribution >= 4 is 23.5 Å². The predicted octanol–water partition coefficient (Wildman–Crippen LogP) is 2.53. The van der Waals surface area contributed by atoms with Gasteiger partial charge in [0, 0.05) is 30.3 Å². The largest absolute Gasteiger partial charge is 0.481 e. The Labute approximate surface area is 150 Å². The Balaban J connectivity index is 2.00. The lowest BCUT2D eigenvalue weighted by molar-refractivity contribution is -0.137. The molecule has 6 nitrogen and oxygen atoms in total. The van der Waals surface area contributed by atoms with E-state index in [-0.39, 0.29) is 24.4 Å². The molecule has 0 saturated heterocycles. The lowest BCUT2D eigenvalue weighted by Crippen LogP contribution is -2.27. The number of hydrogen-bond donors (Lipinski definition) is 2. The van der Waals surface area contributed by atoms with Crippen LogP contribution in [0.5, 0.6) is 0 Å². The zero-order valence-electron chi connectivity index (χ0n) is 13.6. The van der Waals surface area contributed by atoms with Crippen LogP contribution in [-0.4, -0.2) is 28.1 Å². The van der Waals surface area contributed by atoms with Crippen LogP contribution in [0.1, 0.15) is 35.2 Å². The number of carbonyl (C=O) groups excluding carboxylic acids is 1. The van der Waals surface area contributed by atoms with Gasteiger partial charge in [-0.3, -0.25) is 14.4 Å². The number of hydrogen-bond acceptors (Lipinski definition) is 3. The molecule has 0 bridgehead atoms. The van der Waals surface area contributed by atoms with Crippen molar-refractivity contribution < 1.29 is 14.7 Å². The molecule has 0 saturated carbocycles. The summed E-state index contributed by atoms with van der Waals surface area (Å²) in [6.07, 6.45) is 2.66. The van der Waals surface area contributed by atoms with Gasteiger partial charge in [0.25, 0.3) is 11.5 Å². The molecule has 1 amide bonds. The highest BCUT2D eigenvalue weighted by molar-refractivity contribution is 6.31. The quantitative estimate of drug-likeness (QED) is 0.706. The number of benzene rings is 1. The number of rotatable bonds is 8. The molecule has 1 aromatic carbocycles. The highest BCUT2D eigenvalue weighted by Gasteiger charge is 2.09. The van der Waals surface area contributed by atoms with Gasteiger partial charge >= 0.3 is 5.97 Å². The summed E-state index contributed by atoms with van der Waals surface area (Å²) in [5.74, 6) is -1.15. The summed E-state index contributed by atoms with van der Waals surface area (Å²) in [7, 11) is 0. The molecule has 1 aromatic heterocycles. The van der Waals surface area contributed by atoms with Crippen LogP contribution in [0.25, 0.3) is 0 Å². The fraction of sp³-hybridized carbons (Fsp3) is 0.278. The van der Waals surface area contributed by atoms with Crippen LogP contribution < -0.4 is 10.9 Å². The molecular weight excluding hydrogens is 344 g/mol. The Morgan fingerprint density at radius 2 is 1.88 bits per heavy atom. The van der Waals surface area contributed by atoms with E-state index in [1.807, 2.05) is 18.2 Å². The lowest BCUT2D eigenvalue weighted by atomic mass is 10.2. The van der Waals surface area contributed by atoms with Crippen molar-refractivity contribution in [3.05, 3.63) is 69.1 Å². The second-order valence-electron chi connectivity index (χ2n) is 5.58. The number of carboxylic acids is 1. The molecule has 0 spiro atoms. The van der Waals surface area contributed by atoms with Gasteiger partial charge in [-0.25, -0.2) is 0 Å². The van der Waals surface area contributed by atoms with Crippen LogP contribution in [0.2, 0.25) is 5.02 Å². The van der Waals surface area contributed by atoms with Gasteiger partial charge in [0.15, 0.2) is 0 Å². The van der Waals surface area contributed by atoms with Gasteiger partial charge < -0.3 is 15.0 Å². The molecule has 0 aliphatic heterocycles. The van der Waals surface area contributed by atoms with Crippen molar-refractivity contribution in [3.8, 4) is 0 Å². The second-order valence-corrected chi connectivity index (χ2v) is 5.99. The van der Waals surface area contributed by atoms with Crippen molar-refractivity contribution in [3.63, 3.8) is 0 Å². The van der Waals surface area contributed by atoms with Crippen molar-refractivity contribution in [1.29, 1.82) is 0 Å². The third kappa shape index (κ3) is 5.76. The van der Waals surface area contributed by atoms with Crippen molar-refractivity contribution in [2.75, 3.05) is 6.54 Å². The van der Waals surface area contributed by atoms with Crippen molar-refractivity contribution in [2.45, 2.75) is 25.8 Å². The first-order chi connectivity index (χ1) is 12.0. The summed E-state index contributed by atoms with van der Waals surface area (Å²) in [4.78, 5) is 34.6. The van der Waals surface area contributed by atoms with Crippen LogP contribution in [0.15, 0.2) is 47.4 Å². The molecule has 0 atom stereocenters. The molecule has 1 heterocycles. The minimum absolute atomic E-state index is 0.0819. The molecule has 0 aliphatic rings.